The van der Waals surface area contributed by atoms with Crippen LogP contribution in [0.25, 0.3) is 0 Å². The van der Waals surface area contributed by atoms with Crippen LogP contribution in [0.4, 0.5) is 4.39 Å². The van der Waals surface area contributed by atoms with Crippen molar-refractivity contribution >= 4 is 15.9 Å². The molecule has 1 N–H and O–H groups in total. The van der Waals surface area contributed by atoms with E-state index in [9.17, 15) is 4.39 Å². The third kappa shape index (κ3) is 5.21. The Bertz CT molecular complexity index is 407. The van der Waals surface area contributed by atoms with E-state index in [4.69, 9.17) is 0 Å². The molecule has 0 amide bonds. The van der Waals surface area contributed by atoms with E-state index in [1.54, 1.807) is 0 Å². The zero-order valence-electron chi connectivity index (χ0n) is 12.4. The number of hydrogen-bond acceptors (Lipinski definition) is 2. The van der Waals surface area contributed by atoms with Crippen molar-refractivity contribution in [2.45, 2.75) is 32.9 Å². The summed E-state index contributed by atoms with van der Waals surface area (Å²) >= 11 is 3.29. The maximum atomic E-state index is 13.9. The molecule has 0 saturated heterocycles. The molecule has 2 nitrogen and oxygen atoms in total. The van der Waals surface area contributed by atoms with Crippen molar-refractivity contribution < 1.29 is 4.39 Å². The Hall–Kier alpha value is -0.450. The Morgan fingerprint density at radius 2 is 1.89 bits per heavy atom. The maximum absolute atomic E-state index is 13.9. The van der Waals surface area contributed by atoms with Crippen LogP contribution < -0.4 is 5.32 Å². The summed E-state index contributed by atoms with van der Waals surface area (Å²) in [7, 11) is 4.11. The van der Waals surface area contributed by atoms with E-state index in [0.717, 1.165) is 11.0 Å². The lowest BCUT2D eigenvalue weighted by atomic mass is 10.0. The average molecular weight is 331 g/mol. The molecular weight excluding hydrogens is 307 g/mol. The predicted molar refractivity (Wildman–Crippen MR) is 82.8 cm³/mol. The molecule has 1 aromatic rings. The molecule has 19 heavy (non-hydrogen) atoms. The van der Waals surface area contributed by atoms with Crippen LogP contribution in [0, 0.1) is 11.7 Å². The predicted octanol–water partition coefficient (Wildman–Crippen LogP) is 3.83. The zero-order chi connectivity index (χ0) is 14.6. The molecule has 0 spiro atoms. The van der Waals surface area contributed by atoms with E-state index in [-0.39, 0.29) is 11.9 Å². The molecular formula is C15H24BrFN2. The van der Waals surface area contributed by atoms with Gasteiger partial charge in [0.1, 0.15) is 5.82 Å². The van der Waals surface area contributed by atoms with Crippen molar-refractivity contribution in [1.29, 1.82) is 0 Å². The minimum atomic E-state index is -0.165. The Kier molecular flexibility index (Phi) is 6.43. The number of hydrogen-bond donors (Lipinski definition) is 1. The number of nitrogens with one attached hydrogen (secondary N) is 1. The van der Waals surface area contributed by atoms with Crippen molar-refractivity contribution in [3.05, 3.63) is 34.1 Å². The second-order valence-corrected chi connectivity index (χ2v) is 6.58. The van der Waals surface area contributed by atoms with E-state index in [0.29, 0.717) is 17.5 Å². The van der Waals surface area contributed by atoms with Crippen LogP contribution in [0.3, 0.4) is 0 Å². The molecule has 108 valence electrons. The van der Waals surface area contributed by atoms with Crippen LogP contribution >= 0.6 is 15.9 Å². The van der Waals surface area contributed by atoms with Gasteiger partial charge in [-0.15, -0.1) is 0 Å². The molecule has 0 fully saturated rings. The summed E-state index contributed by atoms with van der Waals surface area (Å²) in [5.74, 6) is 0.338. The van der Waals surface area contributed by atoms with Crippen LogP contribution in [-0.4, -0.2) is 31.6 Å². The first-order valence-electron chi connectivity index (χ1n) is 6.67. The van der Waals surface area contributed by atoms with Gasteiger partial charge in [0, 0.05) is 28.7 Å². The van der Waals surface area contributed by atoms with Gasteiger partial charge in [0.05, 0.1) is 0 Å². The molecule has 0 aliphatic rings. The van der Waals surface area contributed by atoms with Gasteiger partial charge in [0.2, 0.25) is 0 Å². The molecule has 0 saturated carbocycles. The second kappa shape index (κ2) is 7.36. The molecule has 1 rings (SSSR count). The maximum Gasteiger partial charge on any atom is 0.129 e. The summed E-state index contributed by atoms with van der Waals surface area (Å²) in [4.78, 5) is 2.16. The van der Waals surface area contributed by atoms with E-state index in [1.807, 2.05) is 19.1 Å². The number of benzene rings is 1. The fourth-order valence-electron chi connectivity index (χ4n) is 2.11. The summed E-state index contributed by atoms with van der Waals surface area (Å²) < 4.78 is 14.7. The van der Waals surface area contributed by atoms with Crippen molar-refractivity contribution in [2.75, 3.05) is 20.6 Å². The van der Waals surface area contributed by atoms with Crippen LogP contribution in [0.5, 0.6) is 0 Å². The van der Waals surface area contributed by atoms with Crippen LogP contribution in [-0.2, 0) is 0 Å². The highest BCUT2D eigenvalue weighted by Gasteiger charge is 2.19. The van der Waals surface area contributed by atoms with E-state index >= 15 is 0 Å². The van der Waals surface area contributed by atoms with Gasteiger partial charge in [0.15, 0.2) is 0 Å². The average Bonchev–Trinajstić information content (AvgIpc) is 2.26. The summed E-state index contributed by atoms with van der Waals surface area (Å²) in [6.45, 7) is 7.33. The van der Waals surface area contributed by atoms with E-state index < -0.39 is 0 Å². The highest BCUT2D eigenvalue weighted by atomic mass is 79.9. The van der Waals surface area contributed by atoms with Crippen molar-refractivity contribution in [1.82, 2.24) is 10.2 Å². The van der Waals surface area contributed by atoms with Crippen molar-refractivity contribution in [3.63, 3.8) is 0 Å². The fourth-order valence-corrected chi connectivity index (χ4v) is 2.45. The van der Waals surface area contributed by atoms with Gasteiger partial charge in [-0.3, -0.25) is 0 Å². The smallest absolute Gasteiger partial charge is 0.129 e. The van der Waals surface area contributed by atoms with Gasteiger partial charge >= 0.3 is 0 Å². The summed E-state index contributed by atoms with van der Waals surface area (Å²) in [6.07, 6.45) is 0. The largest absolute Gasteiger partial charge is 0.308 e. The Labute approximate surface area is 124 Å². The Morgan fingerprint density at radius 3 is 2.37 bits per heavy atom. The molecule has 2 unspecified atom stereocenters. The molecule has 0 heterocycles. The number of rotatable bonds is 6. The molecule has 0 radical (unpaired) electrons. The molecule has 0 aliphatic heterocycles. The highest BCUT2D eigenvalue weighted by molar-refractivity contribution is 9.10. The van der Waals surface area contributed by atoms with Gasteiger partial charge in [-0.05, 0) is 39.1 Å². The van der Waals surface area contributed by atoms with Crippen molar-refractivity contribution in [3.8, 4) is 0 Å². The minimum Gasteiger partial charge on any atom is -0.308 e. The van der Waals surface area contributed by atoms with Gasteiger partial charge in [-0.1, -0.05) is 35.8 Å². The zero-order valence-corrected chi connectivity index (χ0v) is 14.0. The summed E-state index contributed by atoms with van der Waals surface area (Å²) in [6, 6.07) is 5.58. The second-order valence-electron chi connectivity index (χ2n) is 5.67. The molecule has 1 aromatic carbocycles. The first kappa shape index (κ1) is 16.6. The lowest BCUT2D eigenvalue weighted by Crippen LogP contribution is -2.43. The summed E-state index contributed by atoms with van der Waals surface area (Å²) in [5.41, 5.74) is 0.715. The van der Waals surface area contributed by atoms with Gasteiger partial charge < -0.3 is 10.2 Å². The van der Waals surface area contributed by atoms with E-state index in [1.165, 1.54) is 6.07 Å². The topological polar surface area (TPSA) is 15.3 Å². The molecule has 0 aliphatic carbocycles. The van der Waals surface area contributed by atoms with Gasteiger partial charge in [-0.25, -0.2) is 4.39 Å². The van der Waals surface area contributed by atoms with Gasteiger partial charge in [-0.2, -0.15) is 0 Å². The first-order valence-corrected chi connectivity index (χ1v) is 7.46. The number of likely N-dealkylation sites (N-methyl/N-ethyl adjacent to an activating group) is 1. The van der Waals surface area contributed by atoms with Crippen LogP contribution in [0.15, 0.2) is 22.7 Å². The molecule has 0 bridgehead atoms. The quantitative estimate of drug-likeness (QED) is 0.852. The number of halogens is 2. The number of nitrogens with zero attached hydrogens (tertiary/aromatic N) is 1. The fraction of sp³-hybridized carbons (Fsp3) is 0.600. The normalized spacial score (nSPS) is 15.0. The third-order valence-corrected chi connectivity index (χ3v) is 3.75. The van der Waals surface area contributed by atoms with E-state index in [2.05, 4.69) is 54.1 Å². The highest BCUT2D eigenvalue weighted by Crippen LogP contribution is 2.22. The Balaban J connectivity index is 2.78. The standard InChI is InChI=1S/C15H24BrFN2/c1-10(2)15(9-19(4)5)18-11(3)13-7-6-12(16)8-14(13)17/h6-8,10-11,15,18H,9H2,1-5H3. The Morgan fingerprint density at radius 1 is 1.26 bits per heavy atom. The van der Waals surface area contributed by atoms with Crippen molar-refractivity contribution in [2.24, 2.45) is 5.92 Å². The lowest BCUT2D eigenvalue weighted by Gasteiger charge is -2.29. The summed E-state index contributed by atoms with van der Waals surface area (Å²) in [5, 5.41) is 3.53. The van der Waals surface area contributed by atoms with Crippen LogP contribution in [0.1, 0.15) is 32.4 Å². The molecule has 0 aromatic heterocycles. The monoisotopic (exact) mass is 330 g/mol. The SMILES string of the molecule is CC(NC(CN(C)C)C(C)C)c1ccc(Br)cc1F. The van der Waals surface area contributed by atoms with Crippen LogP contribution in [0.2, 0.25) is 0 Å². The first-order chi connectivity index (χ1) is 8.81. The molecule has 2 atom stereocenters. The minimum absolute atomic E-state index is 0.000417. The molecule has 4 heteroatoms. The lowest BCUT2D eigenvalue weighted by molar-refractivity contribution is 0.272. The van der Waals surface area contributed by atoms with Gasteiger partial charge in [0.25, 0.3) is 0 Å². The third-order valence-electron chi connectivity index (χ3n) is 3.26.